The van der Waals surface area contributed by atoms with Crippen LogP contribution >= 0.6 is 11.3 Å². The lowest BCUT2D eigenvalue weighted by molar-refractivity contribution is 0.145. The molecule has 0 aliphatic rings. The molecule has 0 fully saturated rings. The van der Waals surface area contributed by atoms with Crippen molar-refractivity contribution in [2.24, 2.45) is 5.92 Å². The van der Waals surface area contributed by atoms with E-state index in [1.807, 2.05) is 6.07 Å². The summed E-state index contributed by atoms with van der Waals surface area (Å²) in [6, 6.07) is 4.13. The van der Waals surface area contributed by atoms with Crippen molar-refractivity contribution < 1.29 is 5.11 Å². The second-order valence-electron chi connectivity index (χ2n) is 3.69. The molecule has 0 spiro atoms. The van der Waals surface area contributed by atoms with Crippen LogP contribution in [0.1, 0.15) is 31.6 Å². The zero-order valence-corrected chi connectivity index (χ0v) is 9.18. The average molecular weight is 198 g/mol. The van der Waals surface area contributed by atoms with Gasteiger partial charge in [0.2, 0.25) is 0 Å². The molecule has 0 aromatic carbocycles. The maximum absolute atomic E-state index is 9.73. The van der Waals surface area contributed by atoms with Gasteiger partial charge in [0.1, 0.15) is 0 Å². The predicted octanol–water partition coefficient (Wildman–Crippen LogP) is 3.09. The summed E-state index contributed by atoms with van der Waals surface area (Å²) in [7, 11) is 0. The van der Waals surface area contributed by atoms with Crippen LogP contribution in [0.15, 0.2) is 17.5 Å². The molecule has 1 N–H and O–H groups in total. The summed E-state index contributed by atoms with van der Waals surface area (Å²) in [5.74, 6) is 0.634. The van der Waals surface area contributed by atoms with E-state index in [4.69, 9.17) is 0 Å². The van der Waals surface area contributed by atoms with E-state index in [-0.39, 0.29) is 6.10 Å². The second kappa shape index (κ2) is 5.40. The van der Waals surface area contributed by atoms with E-state index in [9.17, 15) is 5.11 Å². The number of rotatable bonds is 5. The molecule has 0 amide bonds. The molecule has 0 saturated heterocycles. The highest BCUT2D eigenvalue weighted by molar-refractivity contribution is 7.09. The third-order valence-electron chi connectivity index (χ3n) is 2.39. The molecule has 1 heterocycles. The number of hydrogen-bond acceptors (Lipinski definition) is 2. The third-order valence-corrected chi connectivity index (χ3v) is 3.29. The Bertz CT molecular complexity index is 218. The fraction of sp³-hybridized carbons (Fsp3) is 0.636. The van der Waals surface area contributed by atoms with Gasteiger partial charge < -0.3 is 5.11 Å². The molecule has 2 heteroatoms. The first-order chi connectivity index (χ1) is 6.22. The van der Waals surface area contributed by atoms with E-state index in [1.54, 1.807) is 11.3 Å². The highest BCUT2D eigenvalue weighted by Crippen LogP contribution is 2.16. The molecule has 0 aliphatic heterocycles. The lowest BCUT2D eigenvalue weighted by atomic mass is 9.99. The molecular weight excluding hydrogens is 180 g/mol. The maximum Gasteiger partial charge on any atom is 0.0591 e. The van der Waals surface area contributed by atoms with Gasteiger partial charge in [0.05, 0.1) is 6.10 Å². The van der Waals surface area contributed by atoms with Gasteiger partial charge in [-0.25, -0.2) is 0 Å². The van der Waals surface area contributed by atoms with Crippen molar-refractivity contribution in [3.8, 4) is 0 Å². The summed E-state index contributed by atoms with van der Waals surface area (Å²) >= 11 is 1.73. The molecule has 0 bridgehead atoms. The Balaban J connectivity index is 2.29. The summed E-state index contributed by atoms with van der Waals surface area (Å²) < 4.78 is 0. The SMILES string of the molecule is CCC(C)CC(O)Cc1cccs1. The van der Waals surface area contributed by atoms with Crippen molar-refractivity contribution in [1.29, 1.82) is 0 Å². The van der Waals surface area contributed by atoms with Crippen molar-refractivity contribution in [2.75, 3.05) is 0 Å². The molecule has 1 rings (SSSR count). The quantitative estimate of drug-likeness (QED) is 0.771. The van der Waals surface area contributed by atoms with E-state index >= 15 is 0 Å². The molecule has 13 heavy (non-hydrogen) atoms. The zero-order valence-electron chi connectivity index (χ0n) is 8.36. The first-order valence-corrected chi connectivity index (χ1v) is 5.80. The molecule has 2 atom stereocenters. The number of aliphatic hydroxyl groups is 1. The van der Waals surface area contributed by atoms with E-state index in [0.29, 0.717) is 5.92 Å². The van der Waals surface area contributed by atoms with Crippen LogP contribution < -0.4 is 0 Å². The van der Waals surface area contributed by atoms with Gasteiger partial charge in [-0.05, 0) is 23.8 Å². The molecule has 0 radical (unpaired) electrons. The van der Waals surface area contributed by atoms with Crippen LogP contribution in [-0.4, -0.2) is 11.2 Å². The average Bonchev–Trinajstić information content (AvgIpc) is 2.56. The summed E-state index contributed by atoms with van der Waals surface area (Å²) in [5.41, 5.74) is 0. The van der Waals surface area contributed by atoms with Gasteiger partial charge >= 0.3 is 0 Å². The van der Waals surface area contributed by atoms with Crippen molar-refractivity contribution in [3.63, 3.8) is 0 Å². The van der Waals surface area contributed by atoms with E-state index in [0.717, 1.165) is 19.3 Å². The smallest absolute Gasteiger partial charge is 0.0591 e. The molecule has 0 aliphatic carbocycles. The highest BCUT2D eigenvalue weighted by Gasteiger charge is 2.09. The van der Waals surface area contributed by atoms with Crippen LogP contribution in [-0.2, 0) is 6.42 Å². The molecule has 2 unspecified atom stereocenters. The third kappa shape index (κ3) is 3.92. The predicted molar refractivity (Wildman–Crippen MR) is 58.1 cm³/mol. The first kappa shape index (κ1) is 10.7. The van der Waals surface area contributed by atoms with Crippen molar-refractivity contribution in [2.45, 2.75) is 39.2 Å². The molecule has 74 valence electrons. The van der Waals surface area contributed by atoms with Crippen LogP contribution in [0.4, 0.5) is 0 Å². The minimum Gasteiger partial charge on any atom is -0.393 e. The highest BCUT2D eigenvalue weighted by atomic mass is 32.1. The van der Waals surface area contributed by atoms with Gasteiger partial charge in [-0.15, -0.1) is 11.3 Å². The van der Waals surface area contributed by atoms with Gasteiger partial charge in [-0.3, -0.25) is 0 Å². The zero-order chi connectivity index (χ0) is 9.68. The van der Waals surface area contributed by atoms with Crippen molar-refractivity contribution in [3.05, 3.63) is 22.4 Å². The summed E-state index contributed by atoms with van der Waals surface area (Å²) in [6.45, 7) is 4.36. The van der Waals surface area contributed by atoms with Crippen LogP contribution in [0.3, 0.4) is 0 Å². The minimum absolute atomic E-state index is 0.159. The minimum atomic E-state index is -0.159. The number of aliphatic hydroxyl groups excluding tert-OH is 1. The van der Waals surface area contributed by atoms with Gasteiger partial charge in [-0.2, -0.15) is 0 Å². The van der Waals surface area contributed by atoms with Crippen LogP contribution in [0, 0.1) is 5.92 Å². The molecule has 0 saturated carbocycles. The van der Waals surface area contributed by atoms with Gasteiger partial charge in [0.15, 0.2) is 0 Å². The Hall–Kier alpha value is -0.340. The van der Waals surface area contributed by atoms with Crippen LogP contribution in [0.2, 0.25) is 0 Å². The number of thiophene rings is 1. The first-order valence-electron chi connectivity index (χ1n) is 4.92. The van der Waals surface area contributed by atoms with Crippen LogP contribution in [0.5, 0.6) is 0 Å². The Morgan fingerprint density at radius 3 is 2.85 bits per heavy atom. The largest absolute Gasteiger partial charge is 0.393 e. The summed E-state index contributed by atoms with van der Waals surface area (Å²) in [4.78, 5) is 1.29. The maximum atomic E-state index is 9.73. The fourth-order valence-electron chi connectivity index (χ4n) is 1.38. The monoisotopic (exact) mass is 198 g/mol. The molecular formula is C11H18OS. The Morgan fingerprint density at radius 2 is 2.31 bits per heavy atom. The molecule has 1 aromatic heterocycles. The Kier molecular flexibility index (Phi) is 4.46. The van der Waals surface area contributed by atoms with Gasteiger partial charge in [0, 0.05) is 11.3 Å². The number of hydrogen-bond donors (Lipinski definition) is 1. The lowest BCUT2D eigenvalue weighted by Crippen LogP contribution is -2.13. The van der Waals surface area contributed by atoms with Crippen LogP contribution in [0.25, 0.3) is 0 Å². The van der Waals surface area contributed by atoms with E-state index in [2.05, 4.69) is 25.3 Å². The van der Waals surface area contributed by atoms with Gasteiger partial charge in [0.25, 0.3) is 0 Å². The molecule has 1 aromatic rings. The Labute approximate surface area is 84.4 Å². The Morgan fingerprint density at radius 1 is 1.54 bits per heavy atom. The topological polar surface area (TPSA) is 20.2 Å². The van der Waals surface area contributed by atoms with E-state index in [1.165, 1.54) is 4.88 Å². The second-order valence-corrected chi connectivity index (χ2v) is 4.72. The van der Waals surface area contributed by atoms with E-state index < -0.39 is 0 Å². The van der Waals surface area contributed by atoms with Crippen molar-refractivity contribution >= 4 is 11.3 Å². The molecule has 1 nitrogen and oxygen atoms in total. The fourth-order valence-corrected chi connectivity index (χ4v) is 2.15. The summed E-state index contributed by atoms with van der Waals surface area (Å²) in [6.07, 6.45) is 2.74. The summed E-state index contributed by atoms with van der Waals surface area (Å²) in [5, 5.41) is 11.8. The standard InChI is InChI=1S/C11H18OS/c1-3-9(2)7-10(12)8-11-5-4-6-13-11/h4-6,9-10,12H,3,7-8H2,1-2H3. The normalized spacial score (nSPS) is 15.6. The van der Waals surface area contributed by atoms with Gasteiger partial charge in [-0.1, -0.05) is 26.3 Å². The van der Waals surface area contributed by atoms with Crippen molar-refractivity contribution in [1.82, 2.24) is 0 Å². The lowest BCUT2D eigenvalue weighted by Gasteiger charge is -2.13.